The molecule has 0 atom stereocenters. The minimum atomic E-state index is -0.218. The lowest BCUT2D eigenvalue weighted by molar-refractivity contribution is 0.332. The summed E-state index contributed by atoms with van der Waals surface area (Å²) in [4.78, 5) is 0. The Morgan fingerprint density at radius 2 is 1.80 bits per heavy atom. The summed E-state index contributed by atoms with van der Waals surface area (Å²) in [5.74, 6) is 0.719. The largest absolute Gasteiger partial charge is 0.492 e. The molecule has 1 N–H and O–H groups in total. The van der Waals surface area contributed by atoms with E-state index < -0.39 is 0 Å². The second-order valence-corrected chi connectivity index (χ2v) is 5.07. The van der Waals surface area contributed by atoms with Gasteiger partial charge in [0.1, 0.15) is 18.2 Å². The second-order valence-electron chi connectivity index (χ2n) is 5.07. The Labute approximate surface area is 118 Å². The van der Waals surface area contributed by atoms with Crippen molar-refractivity contribution in [2.75, 3.05) is 18.5 Å². The summed E-state index contributed by atoms with van der Waals surface area (Å²) in [5.41, 5.74) is 3.79. The minimum Gasteiger partial charge on any atom is -0.492 e. The Morgan fingerprint density at radius 3 is 2.65 bits per heavy atom. The first-order chi connectivity index (χ1) is 9.81. The van der Waals surface area contributed by atoms with E-state index in [1.165, 1.54) is 42.5 Å². The Morgan fingerprint density at radius 1 is 1.00 bits per heavy atom. The maximum Gasteiger partial charge on any atom is 0.123 e. The molecule has 0 bridgehead atoms. The van der Waals surface area contributed by atoms with Gasteiger partial charge in [-0.05, 0) is 66.8 Å². The molecule has 1 aliphatic rings. The molecule has 0 aliphatic heterocycles. The molecule has 0 spiro atoms. The molecule has 0 fully saturated rings. The first-order valence-electron chi connectivity index (χ1n) is 7.05. The number of hydrogen-bond acceptors (Lipinski definition) is 2. The Hall–Kier alpha value is -2.03. The summed E-state index contributed by atoms with van der Waals surface area (Å²) in [5, 5.41) is 3.20. The second kappa shape index (κ2) is 5.95. The van der Waals surface area contributed by atoms with E-state index in [1.54, 1.807) is 12.1 Å². The molecule has 104 valence electrons. The van der Waals surface area contributed by atoms with Crippen molar-refractivity contribution in [3.05, 3.63) is 59.4 Å². The van der Waals surface area contributed by atoms with Crippen molar-refractivity contribution >= 4 is 5.69 Å². The van der Waals surface area contributed by atoms with Crippen LogP contribution in [0.15, 0.2) is 42.5 Å². The first-order valence-corrected chi connectivity index (χ1v) is 7.05. The summed E-state index contributed by atoms with van der Waals surface area (Å²) >= 11 is 0. The molecule has 3 heteroatoms. The van der Waals surface area contributed by atoms with Gasteiger partial charge in [-0.3, -0.25) is 0 Å². The fraction of sp³-hybridized carbons (Fsp3) is 0.294. The van der Waals surface area contributed by atoms with Crippen molar-refractivity contribution in [1.29, 1.82) is 0 Å². The third kappa shape index (κ3) is 3.10. The minimum absolute atomic E-state index is 0.218. The molecule has 0 radical (unpaired) electrons. The van der Waals surface area contributed by atoms with Gasteiger partial charge >= 0.3 is 0 Å². The average molecular weight is 271 g/mol. The zero-order valence-electron chi connectivity index (χ0n) is 11.4. The number of fused-ring (bicyclic) bond motifs is 1. The molecule has 2 aromatic carbocycles. The molecule has 0 unspecified atom stereocenters. The maximum absolute atomic E-state index is 12.8. The average Bonchev–Trinajstić information content (AvgIpc) is 2.93. The van der Waals surface area contributed by atoms with Crippen LogP contribution in [0.3, 0.4) is 0 Å². The topological polar surface area (TPSA) is 21.3 Å². The van der Waals surface area contributed by atoms with Gasteiger partial charge in [0.15, 0.2) is 0 Å². The van der Waals surface area contributed by atoms with Crippen LogP contribution in [0.2, 0.25) is 0 Å². The monoisotopic (exact) mass is 271 g/mol. The number of nitrogens with one attached hydrogen (secondary N) is 1. The van der Waals surface area contributed by atoms with E-state index in [-0.39, 0.29) is 5.82 Å². The SMILES string of the molecule is Fc1ccc(NCCOc2ccc3c(c2)CCC3)cc1. The van der Waals surface area contributed by atoms with Crippen molar-refractivity contribution in [2.45, 2.75) is 19.3 Å². The maximum atomic E-state index is 12.8. The van der Waals surface area contributed by atoms with Crippen molar-refractivity contribution in [1.82, 2.24) is 0 Å². The van der Waals surface area contributed by atoms with E-state index >= 15 is 0 Å². The Balaban J connectivity index is 1.47. The van der Waals surface area contributed by atoms with E-state index in [4.69, 9.17) is 4.74 Å². The molecule has 2 nitrogen and oxygen atoms in total. The van der Waals surface area contributed by atoms with Gasteiger partial charge in [0.05, 0.1) is 0 Å². The molecule has 3 rings (SSSR count). The van der Waals surface area contributed by atoms with Gasteiger partial charge in [-0.2, -0.15) is 0 Å². The molecule has 1 aliphatic carbocycles. The summed E-state index contributed by atoms with van der Waals surface area (Å²) < 4.78 is 18.5. The van der Waals surface area contributed by atoms with Crippen LogP contribution in [0, 0.1) is 5.82 Å². The lowest BCUT2D eigenvalue weighted by Crippen LogP contribution is -2.11. The predicted octanol–water partition coefficient (Wildman–Crippen LogP) is 3.81. The zero-order chi connectivity index (χ0) is 13.8. The molecule has 0 saturated heterocycles. The highest BCUT2D eigenvalue weighted by atomic mass is 19.1. The highest BCUT2D eigenvalue weighted by molar-refractivity contribution is 5.43. The molecule has 0 saturated carbocycles. The van der Waals surface area contributed by atoms with E-state index in [0.717, 1.165) is 11.4 Å². The lowest BCUT2D eigenvalue weighted by Gasteiger charge is -2.10. The Kier molecular flexibility index (Phi) is 3.86. The number of aryl methyl sites for hydroxylation is 2. The molecule has 2 aromatic rings. The highest BCUT2D eigenvalue weighted by Crippen LogP contribution is 2.25. The quantitative estimate of drug-likeness (QED) is 0.835. The van der Waals surface area contributed by atoms with Crippen molar-refractivity contribution in [2.24, 2.45) is 0 Å². The fourth-order valence-corrected chi connectivity index (χ4v) is 2.57. The molecule has 0 heterocycles. The van der Waals surface area contributed by atoms with Crippen LogP contribution in [-0.4, -0.2) is 13.2 Å². The standard InChI is InChI=1S/C17H18FNO/c18-15-5-7-16(8-6-15)19-10-11-20-17-9-4-13-2-1-3-14(13)12-17/h4-9,12,19H,1-3,10-11H2. The number of hydrogen-bond donors (Lipinski definition) is 1. The number of benzene rings is 2. The number of halogens is 1. The Bertz CT molecular complexity index is 580. The smallest absolute Gasteiger partial charge is 0.123 e. The fourth-order valence-electron chi connectivity index (χ4n) is 2.57. The van der Waals surface area contributed by atoms with E-state index in [2.05, 4.69) is 17.4 Å². The van der Waals surface area contributed by atoms with E-state index in [9.17, 15) is 4.39 Å². The highest BCUT2D eigenvalue weighted by Gasteiger charge is 2.10. The number of rotatable bonds is 5. The van der Waals surface area contributed by atoms with E-state index in [1.807, 2.05) is 6.07 Å². The third-order valence-electron chi connectivity index (χ3n) is 3.61. The van der Waals surface area contributed by atoms with Gasteiger partial charge in [-0.15, -0.1) is 0 Å². The van der Waals surface area contributed by atoms with Crippen LogP contribution >= 0.6 is 0 Å². The molecular formula is C17H18FNO. The van der Waals surface area contributed by atoms with Crippen LogP contribution in [0.5, 0.6) is 5.75 Å². The summed E-state index contributed by atoms with van der Waals surface area (Å²) in [6.45, 7) is 1.29. The van der Waals surface area contributed by atoms with Gasteiger partial charge in [0.25, 0.3) is 0 Å². The molecule has 0 amide bonds. The molecular weight excluding hydrogens is 253 g/mol. The van der Waals surface area contributed by atoms with Gasteiger partial charge in [0.2, 0.25) is 0 Å². The predicted molar refractivity (Wildman–Crippen MR) is 78.9 cm³/mol. The van der Waals surface area contributed by atoms with Crippen LogP contribution in [-0.2, 0) is 12.8 Å². The van der Waals surface area contributed by atoms with Gasteiger partial charge < -0.3 is 10.1 Å². The zero-order valence-corrected chi connectivity index (χ0v) is 11.4. The third-order valence-corrected chi connectivity index (χ3v) is 3.61. The van der Waals surface area contributed by atoms with Gasteiger partial charge in [-0.25, -0.2) is 4.39 Å². The number of anilines is 1. The normalized spacial score (nSPS) is 13.1. The summed E-state index contributed by atoms with van der Waals surface area (Å²) in [6.07, 6.45) is 3.62. The van der Waals surface area contributed by atoms with Crippen molar-refractivity contribution in [3.63, 3.8) is 0 Å². The van der Waals surface area contributed by atoms with Crippen LogP contribution in [0.25, 0.3) is 0 Å². The van der Waals surface area contributed by atoms with Crippen molar-refractivity contribution in [3.8, 4) is 5.75 Å². The van der Waals surface area contributed by atoms with Crippen molar-refractivity contribution < 1.29 is 9.13 Å². The van der Waals surface area contributed by atoms with Crippen LogP contribution in [0.1, 0.15) is 17.5 Å². The summed E-state index contributed by atoms with van der Waals surface area (Å²) in [6, 6.07) is 12.7. The van der Waals surface area contributed by atoms with Gasteiger partial charge in [-0.1, -0.05) is 6.07 Å². The molecule has 20 heavy (non-hydrogen) atoms. The first kappa shape index (κ1) is 13.0. The lowest BCUT2D eigenvalue weighted by atomic mass is 10.1. The number of ether oxygens (including phenoxy) is 1. The molecule has 0 aromatic heterocycles. The summed E-state index contributed by atoms with van der Waals surface area (Å²) in [7, 11) is 0. The van der Waals surface area contributed by atoms with Crippen LogP contribution in [0.4, 0.5) is 10.1 Å². The van der Waals surface area contributed by atoms with Gasteiger partial charge in [0, 0.05) is 12.2 Å². The van der Waals surface area contributed by atoms with E-state index in [0.29, 0.717) is 13.2 Å². The van der Waals surface area contributed by atoms with Crippen LogP contribution < -0.4 is 10.1 Å².